The quantitative estimate of drug-likeness (QED) is 0.657. The van der Waals surface area contributed by atoms with E-state index in [0.717, 1.165) is 10.8 Å². The van der Waals surface area contributed by atoms with E-state index in [1.807, 2.05) is 31.2 Å². The zero-order valence-electron chi connectivity index (χ0n) is 15.3. The van der Waals surface area contributed by atoms with Crippen molar-refractivity contribution in [1.82, 2.24) is 4.98 Å². The van der Waals surface area contributed by atoms with Crippen molar-refractivity contribution in [1.29, 1.82) is 0 Å². The Balaban J connectivity index is 2.08. The number of carbonyl (C=O) groups excluding carboxylic acids is 1. The first-order chi connectivity index (χ1) is 13.1. The highest BCUT2D eigenvalue weighted by Crippen LogP contribution is 2.39. The zero-order valence-corrected chi connectivity index (χ0v) is 15.3. The van der Waals surface area contributed by atoms with Crippen molar-refractivity contribution in [2.75, 3.05) is 29.5 Å². The number of pyridine rings is 1. The van der Waals surface area contributed by atoms with E-state index in [9.17, 15) is 4.79 Å². The Hall–Kier alpha value is -3.48. The Labute approximate surface area is 157 Å². The molecule has 7 heteroatoms. The van der Waals surface area contributed by atoms with E-state index < -0.39 is 6.09 Å². The first-order valence-corrected chi connectivity index (χ1v) is 8.70. The highest BCUT2D eigenvalue weighted by Gasteiger charge is 2.23. The molecule has 7 nitrogen and oxygen atoms in total. The number of amides is 1. The van der Waals surface area contributed by atoms with Crippen LogP contribution in [0.25, 0.3) is 10.8 Å². The Kier molecular flexibility index (Phi) is 5.30. The molecule has 0 bridgehead atoms. The molecular weight excluding hydrogens is 344 g/mol. The number of hydrogen-bond donors (Lipinski definition) is 2. The number of carbonyl (C=O) groups is 1. The van der Waals surface area contributed by atoms with Gasteiger partial charge in [-0.2, -0.15) is 0 Å². The molecule has 0 saturated heterocycles. The number of fused-ring (bicyclic) bond motifs is 1. The van der Waals surface area contributed by atoms with Gasteiger partial charge in [0.15, 0.2) is 11.6 Å². The fraction of sp³-hybridized carbons (Fsp3) is 0.200. The van der Waals surface area contributed by atoms with E-state index in [1.54, 1.807) is 25.1 Å². The number of anilines is 3. The predicted molar refractivity (Wildman–Crippen MR) is 107 cm³/mol. The van der Waals surface area contributed by atoms with Gasteiger partial charge in [-0.3, -0.25) is 4.90 Å². The van der Waals surface area contributed by atoms with Gasteiger partial charge in [0, 0.05) is 35.3 Å². The summed E-state index contributed by atoms with van der Waals surface area (Å²) in [5.74, 6) is 1.20. The molecule has 0 atom stereocenters. The predicted octanol–water partition coefficient (Wildman–Crippen LogP) is 4.17. The molecule has 0 saturated carbocycles. The van der Waals surface area contributed by atoms with Crippen molar-refractivity contribution in [2.24, 2.45) is 0 Å². The second-order valence-electron chi connectivity index (χ2n) is 5.79. The van der Waals surface area contributed by atoms with Gasteiger partial charge in [0.1, 0.15) is 11.4 Å². The summed E-state index contributed by atoms with van der Waals surface area (Å²) in [7, 11) is 0. The van der Waals surface area contributed by atoms with Crippen molar-refractivity contribution in [2.45, 2.75) is 13.8 Å². The topological polar surface area (TPSA) is 104 Å². The summed E-state index contributed by atoms with van der Waals surface area (Å²) in [5, 5.41) is 1.74. The van der Waals surface area contributed by atoms with E-state index >= 15 is 0 Å². The fourth-order valence-electron chi connectivity index (χ4n) is 2.89. The molecule has 1 amide bonds. The number of ether oxygens (including phenoxy) is 2. The molecule has 0 spiro atoms. The molecule has 2 aromatic carbocycles. The molecule has 0 aliphatic carbocycles. The molecule has 3 rings (SSSR count). The summed E-state index contributed by atoms with van der Waals surface area (Å²) in [6, 6.07) is 12.9. The van der Waals surface area contributed by atoms with Gasteiger partial charge in [-0.05, 0) is 26.0 Å². The minimum atomic E-state index is -0.508. The van der Waals surface area contributed by atoms with Gasteiger partial charge in [0.2, 0.25) is 0 Å². The molecule has 4 N–H and O–H groups in total. The number of benzene rings is 2. The van der Waals surface area contributed by atoms with Crippen LogP contribution in [0.1, 0.15) is 13.8 Å². The van der Waals surface area contributed by atoms with Crippen molar-refractivity contribution < 1.29 is 14.3 Å². The van der Waals surface area contributed by atoms with Crippen LogP contribution in [0, 0.1) is 0 Å². The SMILES string of the molecule is CCOC(=O)N(CC)c1c(Oc2ccc(N)c3ccccc23)ccnc1N. The van der Waals surface area contributed by atoms with Gasteiger partial charge in [0.05, 0.1) is 6.61 Å². The summed E-state index contributed by atoms with van der Waals surface area (Å²) in [5.41, 5.74) is 13.2. The van der Waals surface area contributed by atoms with Crippen LogP contribution in [-0.4, -0.2) is 24.2 Å². The Bertz CT molecular complexity index is 975. The van der Waals surface area contributed by atoms with E-state index in [4.69, 9.17) is 20.9 Å². The highest BCUT2D eigenvalue weighted by molar-refractivity contribution is 5.98. The molecule has 3 aromatic rings. The van der Waals surface area contributed by atoms with Crippen LogP contribution in [0.15, 0.2) is 48.7 Å². The number of nitrogen functional groups attached to an aromatic ring is 2. The highest BCUT2D eigenvalue weighted by atomic mass is 16.6. The maximum Gasteiger partial charge on any atom is 0.414 e. The maximum absolute atomic E-state index is 12.3. The average Bonchev–Trinajstić information content (AvgIpc) is 2.67. The van der Waals surface area contributed by atoms with E-state index in [1.165, 1.54) is 11.1 Å². The van der Waals surface area contributed by atoms with Crippen LogP contribution in [0.3, 0.4) is 0 Å². The monoisotopic (exact) mass is 366 g/mol. The second-order valence-corrected chi connectivity index (χ2v) is 5.79. The number of nitrogens with two attached hydrogens (primary N) is 2. The van der Waals surface area contributed by atoms with Crippen molar-refractivity contribution in [3.8, 4) is 11.5 Å². The standard InChI is InChI=1S/C20H22N4O3/c1-3-24(20(25)26-4-2)18-17(11-12-23-19(18)22)27-16-10-9-15(21)13-7-5-6-8-14(13)16/h5-12H,3-4,21H2,1-2H3,(H2,22,23). The van der Waals surface area contributed by atoms with Crippen LogP contribution < -0.4 is 21.1 Å². The molecule has 1 aromatic heterocycles. The van der Waals surface area contributed by atoms with Gasteiger partial charge < -0.3 is 20.9 Å². The van der Waals surface area contributed by atoms with Crippen LogP contribution in [-0.2, 0) is 4.74 Å². The lowest BCUT2D eigenvalue weighted by Crippen LogP contribution is -2.32. The van der Waals surface area contributed by atoms with Gasteiger partial charge in [-0.25, -0.2) is 9.78 Å². The summed E-state index contributed by atoms with van der Waals surface area (Å²) >= 11 is 0. The summed E-state index contributed by atoms with van der Waals surface area (Å²) in [6.07, 6.45) is 1.03. The third kappa shape index (κ3) is 3.57. The first kappa shape index (κ1) is 18.3. The summed E-state index contributed by atoms with van der Waals surface area (Å²) in [4.78, 5) is 17.8. The molecule has 140 valence electrons. The first-order valence-electron chi connectivity index (χ1n) is 8.70. The molecule has 1 heterocycles. The Morgan fingerprint density at radius 2 is 1.78 bits per heavy atom. The Morgan fingerprint density at radius 3 is 2.48 bits per heavy atom. The number of nitrogens with zero attached hydrogens (tertiary/aromatic N) is 2. The minimum Gasteiger partial charge on any atom is -0.454 e. The van der Waals surface area contributed by atoms with Crippen molar-refractivity contribution in [3.05, 3.63) is 48.7 Å². The van der Waals surface area contributed by atoms with Gasteiger partial charge >= 0.3 is 6.09 Å². The molecular formula is C20H22N4O3. The van der Waals surface area contributed by atoms with Gasteiger partial charge in [0.25, 0.3) is 0 Å². The average molecular weight is 366 g/mol. The van der Waals surface area contributed by atoms with E-state index in [0.29, 0.717) is 29.4 Å². The summed E-state index contributed by atoms with van der Waals surface area (Å²) < 4.78 is 11.3. The smallest absolute Gasteiger partial charge is 0.414 e. The number of rotatable bonds is 5. The molecule has 0 fully saturated rings. The number of aromatic nitrogens is 1. The van der Waals surface area contributed by atoms with Crippen molar-refractivity contribution >= 4 is 34.1 Å². The molecule has 0 aliphatic heterocycles. The lowest BCUT2D eigenvalue weighted by Gasteiger charge is -2.24. The third-order valence-electron chi connectivity index (χ3n) is 4.13. The second kappa shape index (κ2) is 7.82. The van der Waals surface area contributed by atoms with Crippen LogP contribution in [0.2, 0.25) is 0 Å². The van der Waals surface area contributed by atoms with Gasteiger partial charge in [-0.15, -0.1) is 0 Å². The number of hydrogen-bond acceptors (Lipinski definition) is 6. The normalized spacial score (nSPS) is 10.6. The minimum absolute atomic E-state index is 0.183. The Morgan fingerprint density at radius 1 is 1.04 bits per heavy atom. The van der Waals surface area contributed by atoms with E-state index in [2.05, 4.69) is 4.98 Å². The van der Waals surface area contributed by atoms with Crippen molar-refractivity contribution in [3.63, 3.8) is 0 Å². The zero-order chi connectivity index (χ0) is 19.4. The molecule has 0 aliphatic rings. The maximum atomic E-state index is 12.3. The van der Waals surface area contributed by atoms with E-state index in [-0.39, 0.29) is 12.4 Å². The largest absolute Gasteiger partial charge is 0.454 e. The van der Waals surface area contributed by atoms with Gasteiger partial charge in [-0.1, -0.05) is 24.3 Å². The lowest BCUT2D eigenvalue weighted by atomic mass is 10.1. The molecule has 0 unspecified atom stereocenters. The van der Waals surface area contributed by atoms with Crippen LogP contribution in [0.5, 0.6) is 11.5 Å². The third-order valence-corrected chi connectivity index (χ3v) is 4.13. The fourth-order valence-corrected chi connectivity index (χ4v) is 2.89. The summed E-state index contributed by atoms with van der Waals surface area (Å²) in [6.45, 7) is 4.18. The van der Waals surface area contributed by atoms with Crippen LogP contribution >= 0.6 is 0 Å². The molecule has 27 heavy (non-hydrogen) atoms. The molecule has 0 radical (unpaired) electrons. The lowest BCUT2D eigenvalue weighted by molar-refractivity contribution is 0.160. The van der Waals surface area contributed by atoms with Crippen LogP contribution in [0.4, 0.5) is 22.0 Å².